The average molecular weight is 381 g/mol. The number of H-pyrrole nitrogens is 1. The molecule has 146 valence electrons. The van der Waals surface area contributed by atoms with Gasteiger partial charge in [0.25, 0.3) is 11.5 Å². The van der Waals surface area contributed by atoms with Gasteiger partial charge in [0.2, 0.25) is 0 Å². The molecule has 1 fully saturated rings. The van der Waals surface area contributed by atoms with Crippen LogP contribution in [0.1, 0.15) is 21.6 Å². The van der Waals surface area contributed by atoms with E-state index in [0.717, 1.165) is 25.2 Å². The Morgan fingerprint density at radius 3 is 2.68 bits per heavy atom. The van der Waals surface area contributed by atoms with Crippen molar-refractivity contribution in [2.45, 2.75) is 13.5 Å². The SMILES string of the molecule is Cc1cc(C(=O)N2CCN(Cc3cccc(O)c3)CC2)c2c(=O)[nH]n(C)c2n1. The summed E-state index contributed by atoms with van der Waals surface area (Å²) in [5.41, 5.74) is 2.35. The van der Waals surface area contributed by atoms with E-state index in [4.69, 9.17) is 0 Å². The summed E-state index contributed by atoms with van der Waals surface area (Å²) in [4.78, 5) is 33.8. The number of phenolic OH excluding ortho intramolecular Hbond substituents is 1. The first-order valence-corrected chi connectivity index (χ1v) is 9.28. The highest BCUT2D eigenvalue weighted by atomic mass is 16.3. The van der Waals surface area contributed by atoms with Crippen LogP contribution in [0, 0.1) is 6.92 Å². The van der Waals surface area contributed by atoms with Crippen LogP contribution in [0.2, 0.25) is 0 Å². The number of aromatic amines is 1. The van der Waals surface area contributed by atoms with Crippen molar-refractivity contribution in [3.63, 3.8) is 0 Å². The smallest absolute Gasteiger partial charge is 0.274 e. The number of hydrogen-bond acceptors (Lipinski definition) is 5. The van der Waals surface area contributed by atoms with E-state index in [1.807, 2.05) is 19.1 Å². The Labute approximate surface area is 162 Å². The lowest BCUT2D eigenvalue weighted by Gasteiger charge is -2.34. The molecule has 0 saturated carbocycles. The third kappa shape index (κ3) is 3.38. The van der Waals surface area contributed by atoms with E-state index in [2.05, 4.69) is 15.0 Å². The zero-order valence-electron chi connectivity index (χ0n) is 16.0. The molecule has 0 aliphatic carbocycles. The van der Waals surface area contributed by atoms with Gasteiger partial charge in [-0.2, -0.15) is 0 Å². The number of rotatable bonds is 3. The van der Waals surface area contributed by atoms with Gasteiger partial charge in [-0.15, -0.1) is 0 Å². The molecule has 1 aromatic carbocycles. The quantitative estimate of drug-likeness (QED) is 0.712. The summed E-state index contributed by atoms with van der Waals surface area (Å²) in [7, 11) is 1.71. The molecule has 28 heavy (non-hydrogen) atoms. The third-order valence-electron chi connectivity index (χ3n) is 5.15. The Morgan fingerprint density at radius 2 is 1.96 bits per heavy atom. The van der Waals surface area contributed by atoms with E-state index in [9.17, 15) is 14.7 Å². The van der Waals surface area contributed by atoms with Crippen molar-refractivity contribution in [3.05, 3.63) is 57.5 Å². The van der Waals surface area contributed by atoms with Crippen molar-refractivity contribution in [1.29, 1.82) is 0 Å². The maximum atomic E-state index is 13.1. The second-order valence-electron chi connectivity index (χ2n) is 7.25. The number of nitrogens with zero attached hydrogens (tertiary/aromatic N) is 4. The predicted molar refractivity (Wildman–Crippen MR) is 105 cm³/mol. The van der Waals surface area contributed by atoms with Crippen LogP contribution in [-0.4, -0.2) is 61.8 Å². The standard InChI is InChI=1S/C20H23N5O3/c1-13-10-16(17-18(21-13)23(2)22-19(17)27)20(28)25-8-6-24(7-9-25)12-14-4-3-5-15(26)11-14/h3-5,10-11,26H,6-9,12H2,1-2H3,(H,22,27). The second kappa shape index (κ2) is 7.12. The van der Waals surface area contributed by atoms with Crippen LogP contribution in [0.15, 0.2) is 35.1 Å². The van der Waals surface area contributed by atoms with Crippen LogP contribution in [0.4, 0.5) is 0 Å². The molecule has 3 aromatic rings. The first-order valence-electron chi connectivity index (χ1n) is 9.28. The van der Waals surface area contributed by atoms with E-state index >= 15 is 0 Å². The van der Waals surface area contributed by atoms with Gasteiger partial charge in [-0.3, -0.25) is 24.3 Å². The molecule has 0 unspecified atom stereocenters. The van der Waals surface area contributed by atoms with Gasteiger partial charge in [0.05, 0.1) is 10.9 Å². The molecule has 1 aliphatic heterocycles. The summed E-state index contributed by atoms with van der Waals surface area (Å²) < 4.78 is 1.55. The second-order valence-corrected chi connectivity index (χ2v) is 7.25. The Kier molecular flexibility index (Phi) is 4.64. The molecule has 0 atom stereocenters. The maximum Gasteiger partial charge on any atom is 0.274 e. The minimum absolute atomic E-state index is 0.135. The van der Waals surface area contributed by atoms with E-state index in [1.54, 1.807) is 34.8 Å². The van der Waals surface area contributed by atoms with E-state index < -0.39 is 0 Å². The number of piperazine rings is 1. The summed E-state index contributed by atoms with van der Waals surface area (Å²) in [6.07, 6.45) is 0. The van der Waals surface area contributed by atoms with Gasteiger partial charge in [-0.1, -0.05) is 12.1 Å². The van der Waals surface area contributed by atoms with Crippen molar-refractivity contribution in [3.8, 4) is 5.75 Å². The molecule has 3 heterocycles. The molecule has 2 aromatic heterocycles. The lowest BCUT2D eigenvalue weighted by molar-refractivity contribution is 0.0630. The fraction of sp³-hybridized carbons (Fsp3) is 0.350. The van der Waals surface area contributed by atoms with E-state index in [0.29, 0.717) is 35.4 Å². The number of aromatic nitrogens is 3. The van der Waals surface area contributed by atoms with Gasteiger partial charge in [0.1, 0.15) is 5.75 Å². The molecule has 1 aliphatic rings. The first kappa shape index (κ1) is 18.2. The summed E-state index contributed by atoms with van der Waals surface area (Å²) in [5, 5.41) is 12.6. The topological polar surface area (TPSA) is 94.5 Å². The Bertz CT molecular complexity index is 1090. The number of phenols is 1. The highest BCUT2D eigenvalue weighted by Crippen LogP contribution is 2.19. The fourth-order valence-corrected chi connectivity index (χ4v) is 3.75. The molecule has 1 amide bonds. The van der Waals surface area contributed by atoms with Gasteiger partial charge in [0.15, 0.2) is 5.65 Å². The number of nitrogens with one attached hydrogen (secondary N) is 1. The monoisotopic (exact) mass is 381 g/mol. The third-order valence-corrected chi connectivity index (χ3v) is 5.15. The number of carbonyl (C=O) groups excluding carboxylic acids is 1. The van der Waals surface area contributed by atoms with Gasteiger partial charge < -0.3 is 10.0 Å². The molecule has 1 saturated heterocycles. The predicted octanol–water partition coefficient (Wildman–Crippen LogP) is 1.23. The molecule has 0 spiro atoms. The molecule has 0 bridgehead atoms. The highest BCUT2D eigenvalue weighted by molar-refractivity contribution is 6.05. The molecule has 2 N–H and O–H groups in total. The van der Waals surface area contributed by atoms with E-state index in [1.165, 1.54) is 0 Å². The Balaban J connectivity index is 1.50. The number of amides is 1. The van der Waals surface area contributed by atoms with E-state index in [-0.39, 0.29) is 17.2 Å². The zero-order chi connectivity index (χ0) is 19.8. The number of fused-ring (bicyclic) bond motifs is 1. The van der Waals surface area contributed by atoms with Crippen molar-refractivity contribution >= 4 is 16.9 Å². The lowest BCUT2D eigenvalue weighted by atomic mass is 10.1. The van der Waals surface area contributed by atoms with Crippen LogP contribution in [0.25, 0.3) is 11.0 Å². The molecule has 4 rings (SSSR count). The van der Waals surface area contributed by atoms with Crippen molar-refractivity contribution in [2.24, 2.45) is 7.05 Å². The zero-order valence-corrected chi connectivity index (χ0v) is 16.0. The van der Waals surface area contributed by atoms with Crippen molar-refractivity contribution in [2.75, 3.05) is 26.2 Å². The van der Waals surface area contributed by atoms with Gasteiger partial charge >= 0.3 is 0 Å². The summed E-state index contributed by atoms with van der Waals surface area (Å²) in [6.45, 7) is 5.20. The normalized spacial score (nSPS) is 15.3. The minimum Gasteiger partial charge on any atom is -0.508 e. The summed E-state index contributed by atoms with van der Waals surface area (Å²) in [6, 6.07) is 8.92. The van der Waals surface area contributed by atoms with Crippen LogP contribution in [0.5, 0.6) is 5.75 Å². The van der Waals surface area contributed by atoms with Gasteiger partial charge in [-0.05, 0) is 30.7 Å². The number of pyridine rings is 1. The van der Waals surface area contributed by atoms with Crippen LogP contribution >= 0.6 is 0 Å². The Morgan fingerprint density at radius 1 is 1.21 bits per heavy atom. The number of benzene rings is 1. The fourth-order valence-electron chi connectivity index (χ4n) is 3.75. The van der Waals surface area contributed by atoms with Crippen LogP contribution in [0.3, 0.4) is 0 Å². The van der Waals surface area contributed by atoms with Crippen molar-refractivity contribution < 1.29 is 9.90 Å². The number of aromatic hydroxyl groups is 1. The maximum absolute atomic E-state index is 13.1. The van der Waals surface area contributed by atoms with Gasteiger partial charge in [-0.25, -0.2) is 4.98 Å². The molecule has 0 radical (unpaired) electrons. The molecule has 8 heteroatoms. The van der Waals surface area contributed by atoms with Crippen LogP contribution < -0.4 is 5.56 Å². The number of hydrogen-bond donors (Lipinski definition) is 2. The minimum atomic E-state index is -0.295. The van der Waals surface area contributed by atoms with Gasteiger partial charge in [0, 0.05) is 45.5 Å². The highest BCUT2D eigenvalue weighted by Gasteiger charge is 2.25. The Hall–Kier alpha value is -3.13. The van der Waals surface area contributed by atoms with Crippen LogP contribution in [-0.2, 0) is 13.6 Å². The van der Waals surface area contributed by atoms with Crippen molar-refractivity contribution in [1.82, 2.24) is 24.6 Å². The molecule has 8 nitrogen and oxygen atoms in total. The number of aryl methyl sites for hydroxylation is 2. The molecular weight excluding hydrogens is 358 g/mol. The number of carbonyl (C=O) groups is 1. The lowest BCUT2D eigenvalue weighted by Crippen LogP contribution is -2.48. The first-order chi connectivity index (χ1) is 13.4. The molecular formula is C20H23N5O3. The largest absolute Gasteiger partial charge is 0.508 e. The summed E-state index contributed by atoms with van der Waals surface area (Å²) in [5.74, 6) is 0.126. The summed E-state index contributed by atoms with van der Waals surface area (Å²) >= 11 is 0. The average Bonchev–Trinajstić information content (AvgIpc) is 2.95.